The number of carbonyl (C=O) groups is 1. The molecule has 0 aromatic heterocycles. The van der Waals surface area contributed by atoms with E-state index in [1.165, 1.54) is 11.1 Å². The van der Waals surface area contributed by atoms with Crippen molar-refractivity contribution < 1.29 is 4.79 Å². The van der Waals surface area contributed by atoms with Crippen LogP contribution in [0.25, 0.3) is 0 Å². The van der Waals surface area contributed by atoms with Crippen molar-refractivity contribution in [2.24, 2.45) is 11.7 Å². The van der Waals surface area contributed by atoms with Crippen molar-refractivity contribution in [2.75, 3.05) is 6.54 Å². The third-order valence-electron chi connectivity index (χ3n) is 3.91. The molecule has 112 valence electrons. The lowest BCUT2D eigenvalue weighted by Crippen LogP contribution is -2.54. The summed E-state index contributed by atoms with van der Waals surface area (Å²) in [6, 6.07) is 8.16. The second kappa shape index (κ2) is 6.59. The van der Waals surface area contributed by atoms with Crippen molar-refractivity contribution in [3.05, 3.63) is 35.4 Å². The van der Waals surface area contributed by atoms with Gasteiger partial charge in [0.2, 0.25) is 5.91 Å². The van der Waals surface area contributed by atoms with Crippen molar-refractivity contribution in [3.8, 4) is 0 Å². The van der Waals surface area contributed by atoms with Gasteiger partial charge in [0.1, 0.15) is 0 Å². The maximum Gasteiger partial charge on any atom is 0.228 e. The Morgan fingerprint density at radius 2 is 2.10 bits per heavy atom. The van der Waals surface area contributed by atoms with Crippen LogP contribution in [0.3, 0.4) is 0 Å². The third-order valence-corrected chi connectivity index (χ3v) is 3.91. The number of hydrogen-bond acceptors (Lipinski definition) is 2. The molecule has 1 aliphatic rings. The maximum atomic E-state index is 12.4. The second-order valence-corrected chi connectivity index (χ2v) is 6.31. The average molecular weight is 297 g/mol. The van der Waals surface area contributed by atoms with Crippen LogP contribution < -0.4 is 11.1 Å². The van der Waals surface area contributed by atoms with Crippen LogP contribution in [0, 0.1) is 5.92 Å². The van der Waals surface area contributed by atoms with Gasteiger partial charge in [0, 0.05) is 12.1 Å². The van der Waals surface area contributed by atoms with Crippen molar-refractivity contribution in [1.29, 1.82) is 0 Å². The molecule has 0 aliphatic heterocycles. The molecule has 4 heteroatoms. The van der Waals surface area contributed by atoms with E-state index in [1.807, 2.05) is 25.1 Å². The number of rotatable bonds is 5. The van der Waals surface area contributed by atoms with Gasteiger partial charge in [-0.2, -0.15) is 0 Å². The summed E-state index contributed by atoms with van der Waals surface area (Å²) in [4.78, 5) is 12.4. The molecule has 20 heavy (non-hydrogen) atoms. The van der Waals surface area contributed by atoms with Crippen LogP contribution in [0.4, 0.5) is 0 Å². The van der Waals surface area contributed by atoms with Crippen molar-refractivity contribution in [1.82, 2.24) is 5.32 Å². The first kappa shape index (κ1) is 17.0. The predicted molar refractivity (Wildman–Crippen MR) is 85.2 cm³/mol. The van der Waals surface area contributed by atoms with E-state index in [-0.39, 0.29) is 29.8 Å². The lowest BCUT2D eigenvalue weighted by molar-refractivity contribution is -0.125. The monoisotopic (exact) mass is 296 g/mol. The van der Waals surface area contributed by atoms with Crippen LogP contribution in [-0.2, 0) is 11.2 Å². The average Bonchev–Trinajstić information content (AvgIpc) is 2.29. The number of hydrogen-bond donors (Lipinski definition) is 2. The number of carbonyl (C=O) groups excluding carboxylic acids is 1. The first-order valence-electron chi connectivity index (χ1n) is 7.05. The van der Waals surface area contributed by atoms with Gasteiger partial charge in [-0.15, -0.1) is 12.4 Å². The van der Waals surface area contributed by atoms with Gasteiger partial charge >= 0.3 is 0 Å². The second-order valence-electron chi connectivity index (χ2n) is 6.31. The SMILES string of the molecule is CC(C)CC(C)(CN)NC(=O)C1Cc2ccccc21.Cl. The molecular formula is C16H25ClN2O. The predicted octanol–water partition coefficient (Wildman–Crippen LogP) is 2.63. The van der Waals surface area contributed by atoms with Gasteiger partial charge in [-0.05, 0) is 36.8 Å². The van der Waals surface area contributed by atoms with Crippen LogP contribution >= 0.6 is 12.4 Å². The van der Waals surface area contributed by atoms with Gasteiger partial charge in [-0.25, -0.2) is 0 Å². The zero-order valence-electron chi connectivity index (χ0n) is 12.5. The maximum absolute atomic E-state index is 12.4. The summed E-state index contributed by atoms with van der Waals surface area (Å²) in [6.45, 7) is 6.82. The molecule has 0 spiro atoms. The van der Waals surface area contributed by atoms with Gasteiger partial charge in [0.15, 0.2) is 0 Å². The van der Waals surface area contributed by atoms with E-state index in [9.17, 15) is 4.79 Å². The van der Waals surface area contributed by atoms with Crippen LogP contribution in [0.2, 0.25) is 0 Å². The summed E-state index contributed by atoms with van der Waals surface area (Å²) in [5.41, 5.74) is 8.01. The number of nitrogens with one attached hydrogen (secondary N) is 1. The van der Waals surface area contributed by atoms with Crippen LogP contribution in [-0.4, -0.2) is 18.0 Å². The van der Waals surface area contributed by atoms with Crippen molar-refractivity contribution in [2.45, 2.75) is 45.1 Å². The Hall–Kier alpha value is -1.06. The molecule has 1 aromatic carbocycles. The highest BCUT2D eigenvalue weighted by Gasteiger charge is 2.35. The first-order valence-corrected chi connectivity index (χ1v) is 7.05. The Labute approximate surface area is 127 Å². The smallest absolute Gasteiger partial charge is 0.228 e. The molecule has 1 amide bonds. The van der Waals surface area contributed by atoms with E-state index in [0.29, 0.717) is 12.5 Å². The standard InChI is InChI=1S/C16H24N2O.ClH/c1-11(2)9-16(3,10-17)18-15(19)14-8-12-6-4-5-7-13(12)14;/h4-7,11,14H,8-10,17H2,1-3H3,(H,18,19);1H. The molecule has 1 aliphatic carbocycles. The number of amides is 1. The minimum Gasteiger partial charge on any atom is -0.349 e. The molecule has 1 aromatic rings. The molecule has 3 N–H and O–H groups in total. The van der Waals surface area contributed by atoms with Crippen LogP contribution in [0.5, 0.6) is 0 Å². The van der Waals surface area contributed by atoms with E-state index < -0.39 is 0 Å². The molecule has 2 unspecified atom stereocenters. The number of fused-ring (bicyclic) bond motifs is 1. The molecule has 0 saturated carbocycles. The molecule has 2 rings (SSSR count). The number of nitrogens with two attached hydrogens (primary N) is 1. The minimum absolute atomic E-state index is 0. The van der Waals surface area contributed by atoms with Gasteiger partial charge < -0.3 is 11.1 Å². The highest BCUT2D eigenvalue weighted by molar-refractivity contribution is 5.87. The van der Waals surface area contributed by atoms with Gasteiger partial charge in [0.25, 0.3) is 0 Å². The quantitative estimate of drug-likeness (QED) is 0.877. The van der Waals surface area contributed by atoms with Gasteiger partial charge in [-0.3, -0.25) is 4.79 Å². The zero-order valence-corrected chi connectivity index (χ0v) is 13.3. The van der Waals surface area contributed by atoms with Crippen molar-refractivity contribution in [3.63, 3.8) is 0 Å². The fourth-order valence-corrected chi connectivity index (χ4v) is 2.96. The van der Waals surface area contributed by atoms with E-state index in [4.69, 9.17) is 5.73 Å². The summed E-state index contributed by atoms with van der Waals surface area (Å²) in [6.07, 6.45) is 1.76. The largest absolute Gasteiger partial charge is 0.349 e. The summed E-state index contributed by atoms with van der Waals surface area (Å²) in [5.74, 6) is 0.643. The molecule has 0 radical (unpaired) electrons. The first-order chi connectivity index (χ1) is 8.95. The zero-order chi connectivity index (χ0) is 14.0. The minimum atomic E-state index is -0.296. The Morgan fingerprint density at radius 3 is 2.65 bits per heavy atom. The number of benzene rings is 1. The van der Waals surface area contributed by atoms with E-state index in [0.717, 1.165) is 12.8 Å². The van der Waals surface area contributed by atoms with E-state index in [2.05, 4.69) is 25.2 Å². The Balaban J connectivity index is 0.00000200. The van der Waals surface area contributed by atoms with Crippen molar-refractivity contribution >= 4 is 18.3 Å². The highest BCUT2D eigenvalue weighted by atomic mass is 35.5. The number of halogens is 1. The Morgan fingerprint density at radius 1 is 1.45 bits per heavy atom. The van der Waals surface area contributed by atoms with Gasteiger partial charge in [-0.1, -0.05) is 38.1 Å². The lowest BCUT2D eigenvalue weighted by atomic mass is 9.76. The topological polar surface area (TPSA) is 55.1 Å². The highest BCUT2D eigenvalue weighted by Crippen LogP contribution is 2.35. The Bertz CT molecular complexity index is 475. The molecule has 3 nitrogen and oxygen atoms in total. The fraction of sp³-hybridized carbons (Fsp3) is 0.562. The molecule has 0 heterocycles. The summed E-state index contributed by atoms with van der Waals surface area (Å²) in [5, 5.41) is 3.15. The summed E-state index contributed by atoms with van der Waals surface area (Å²) < 4.78 is 0. The fourth-order valence-electron chi connectivity index (χ4n) is 2.96. The summed E-state index contributed by atoms with van der Waals surface area (Å²) >= 11 is 0. The summed E-state index contributed by atoms with van der Waals surface area (Å²) in [7, 11) is 0. The van der Waals surface area contributed by atoms with E-state index >= 15 is 0 Å². The van der Waals surface area contributed by atoms with E-state index in [1.54, 1.807) is 0 Å². The van der Waals surface area contributed by atoms with Crippen LogP contribution in [0.15, 0.2) is 24.3 Å². The van der Waals surface area contributed by atoms with Crippen LogP contribution in [0.1, 0.15) is 44.2 Å². The molecule has 0 fully saturated rings. The molecular weight excluding hydrogens is 272 g/mol. The lowest BCUT2D eigenvalue weighted by Gasteiger charge is -2.36. The third kappa shape index (κ3) is 3.53. The molecule has 2 atom stereocenters. The molecule has 0 bridgehead atoms. The normalized spacial score (nSPS) is 19.4. The molecule has 0 saturated heterocycles. The Kier molecular flexibility index (Phi) is 5.60. The van der Waals surface area contributed by atoms with Gasteiger partial charge in [0.05, 0.1) is 5.92 Å².